The third-order valence-corrected chi connectivity index (χ3v) is 3.22. The van der Waals surface area contributed by atoms with Gasteiger partial charge in [0.05, 0.1) is 6.61 Å². The number of hydrogen-bond donors (Lipinski definition) is 1. The van der Waals surface area contributed by atoms with E-state index in [0.29, 0.717) is 12.6 Å². The summed E-state index contributed by atoms with van der Waals surface area (Å²) < 4.78 is 12.8. The topological polar surface area (TPSA) is 23.5 Å². The van der Waals surface area contributed by atoms with Crippen LogP contribution in [0.2, 0.25) is 0 Å². The molecule has 0 amide bonds. The predicted octanol–water partition coefficient (Wildman–Crippen LogP) is 2.34. The molecule has 0 saturated heterocycles. The Morgan fingerprint density at radius 1 is 1.38 bits per heavy atom. The zero-order valence-electron chi connectivity index (χ0n) is 9.56. The van der Waals surface area contributed by atoms with Crippen LogP contribution < -0.4 is 0 Å². The number of aliphatic hydroxyl groups excluding tert-OH is 1. The zero-order valence-corrected chi connectivity index (χ0v) is 9.56. The van der Waals surface area contributed by atoms with E-state index in [1.54, 1.807) is 0 Å². The van der Waals surface area contributed by atoms with E-state index in [9.17, 15) is 4.39 Å². The highest BCUT2D eigenvalue weighted by atomic mass is 19.1. The van der Waals surface area contributed by atoms with Gasteiger partial charge in [-0.25, -0.2) is 4.39 Å². The van der Waals surface area contributed by atoms with E-state index in [2.05, 4.69) is 11.8 Å². The van der Waals surface area contributed by atoms with Gasteiger partial charge in [0.1, 0.15) is 5.82 Å². The highest BCUT2D eigenvalue weighted by molar-refractivity contribution is 5.20. The molecule has 1 aliphatic rings. The molecule has 1 aromatic rings. The number of aliphatic hydroxyl groups is 1. The molecule has 0 unspecified atom stereocenters. The Morgan fingerprint density at radius 3 is 2.50 bits per heavy atom. The van der Waals surface area contributed by atoms with Crippen molar-refractivity contribution in [3.8, 4) is 0 Å². The van der Waals surface area contributed by atoms with Gasteiger partial charge in [0, 0.05) is 18.6 Å². The SMILES string of the molecule is C[C@H](c1ccc(F)cc1)N(CCO)C1CC1. The lowest BCUT2D eigenvalue weighted by molar-refractivity contribution is 0.150. The third-order valence-electron chi connectivity index (χ3n) is 3.22. The maximum Gasteiger partial charge on any atom is 0.123 e. The number of nitrogens with zero attached hydrogens (tertiary/aromatic N) is 1. The number of hydrogen-bond acceptors (Lipinski definition) is 2. The lowest BCUT2D eigenvalue weighted by Gasteiger charge is -2.28. The van der Waals surface area contributed by atoms with Gasteiger partial charge in [-0.2, -0.15) is 0 Å². The molecule has 0 aliphatic heterocycles. The molecule has 2 nitrogen and oxygen atoms in total. The van der Waals surface area contributed by atoms with Crippen molar-refractivity contribution in [1.82, 2.24) is 4.90 Å². The average molecular weight is 223 g/mol. The van der Waals surface area contributed by atoms with Crippen molar-refractivity contribution in [3.05, 3.63) is 35.6 Å². The molecule has 16 heavy (non-hydrogen) atoms. The predicted molar refractivity (Wildman–Crippen MR) is 61.6 cm³/mol. The van der Waals surface area contributed by atoms with Crippen LogP contribution in [0.1, 0.15) is 31.4 Å². The van der Waals surface area contributed by atoms with Gasteiger partial charge in [0.15, 0.2) is 0 Å². The molecular formula is C13H18FNO. The molecule has 0 spiro atoms. The second-order valence-electron chi connectivity index (χ2n) is 4.42. The van der Waals surface area contributed by atoms with E-state index in [0.717, 1.165) is 5.56 Å². The number of benzene rings is 1. The first-order valence-electron chi connectivity index (χ1n) is 5.84. The van der Waals surface area contributed by atoms with Crippen molar-refractivity contribution in [3.63, 3.8) is 0 Å². The fraction of sp³-hybridized carbons (Fsp3) is 0.538. The molecular weight excluding hydrogens is 205 g/mol. The van der Waals surface area contributed by atoms with Crippen LogP contribution in [-0.2, 0) is 0 Å². The first-order valence-corrected chi connectivity index (χ1v) is 5.84. The highest BCUT2D eigenvalue weighted by Gasteiger charge is 2.32. The lowest BCUT2D eigenvalue weighted by atomic mass is 10.1. The minimum Gasteiger partial charge on any atom is -0.395 e. The van der Waals surface area contributed by atoms with E-state index in [-0.39, 0.29) is 18.5 Å². The van der Waals surface area contributed by atoms with Crippen LogP contribution in [0, 0.1) is 5.82 Å². The largest absolute Gasteiger partial charge is 0.395 e. The molecule has 1 fully saturated rings. The van der Waals surface area contributed by atoms with Gasteiger partial charge in [-0.1, -0.05) is 12.1 Å². The van der Waals surface area contributed by atoms with Gasteiger partial charge in [-0.3, -0.25) is 4.90 Å². The fourth-order valence-corrected chi connectivity index (χ4v) is 2.15. The van der Waals surface area contributed by atoms with E-state index in [1.165, 1.54) is 25.0 Å². The van der Waals surface area contributed by atoms with E-state index in [1.807, 2.05) is 12.1 Å². The number of rotatable bonds is 5. The first-order chi connectivity index (χ1) is 7.72. The molecule has 1 atom stereocenters. The summed E-state index contributed by atoms with van der Waals surface area (Å²) in [5.74, 6) is -0.198. The third kappa shape index (κ3) is 2.60. The monoisotopic (exact) mass is 223 g/mol. The Morgan fingerprint density at radius 2 is 2.00 bits per heavy atom. The van der Waals surface area contributed by atoms with Gasteiger partial charge in [-0.05, 0) is 37.5 Å². The Hall–Kier alpha value is -0.930. The molecule has 0 heterocycles. The van der Waals surface area contributed by atoms with Gasteiger partial charge >= 0.3 is 0 Å². The fourth-order valence-electron chi connectivity index (χ4n) is 2.15. The molecule has 1 aliphatic carbocycles. The molecule has 1 N–H and O–H groups in total. The smallest absolute Gasteiger partial charge is 0.123 e. The van der Waals surface area contributed by atoms with Crippen LogP contribution in [0.25, 0.3) is 0 Å². The van der Waals surface area contributed by atoms with Gasteiger partial charge in [0.2, 0.25) is 0 Å². The summed E-state index contributed by atoms with van der Waals surface area (Å²) in [5, 5.41) is 9.05. The van der Waals surface area contributed by atoms with Crippen molar-refractivity contribution >= 4 is 0 Å². The molecule has 0 bridgehead atoms. The summed E-state index contributed by atoms with van der Waals surface area (Å²) in [5.41, 5.74) is 1.11. The summed E-state index contributed by atoms with van der Waals surface area (Å²) in [6, 6.07) is 7.50. The highest BCUT2D eigenvalue weighted by Crippen LogP contribution is 2.33. The summed E-state index contributed by atoms with van der Waals surface area (Å²) in [6.45, 7) is 2.99. The van der Waals surface area contributed by atoms with E-state index in [4.69, 9.17) is 5.11 Å². The summed E-state index contributed by atoms with van der Waals surface area (Å²) >= 11 is 0. The number of halogens is 1. The molecule has 3 heteroatoms. The molecule has 1 aromatic carbocycles. The summed E-state index contributed by atoms with van der Waals surface area (Å²) in [4.78, 5) is 2.30. The quantitative estimate of drug-likeness (QED) is 0.828. The first kappa shape index (κ1) is 11.6. The molecule has 1 saturated carbocycles. The zero-order chi connectivity index (χ0) is 11.5. The molecule has 88 valence electrons. The van der Waals surface area contributed by atoms with Crippen molar-refractivity contribution in [2.45, 2.75) is 31.8 Å². The van der Waals surface area contributed by atoms with E-state index >= 15 is 0 Å². The standard InChI is InChI=1S/C13H18FNO/c1-10(11-2-4-12(14)5-3-11)15(8-9-16)13-6-7-13/h2-5,10,13,16H,6-9H2,1H3/t10-/m1/s1. The van der Waals surface area contributed by atoms with Gasteiger partial charge < -0.3 is 5.11 Å². The Labute approximate surface area is 95.7 Å². The van der Waals surface area contributed by atoms with Crippen LogP contribution in [-0.4, -0.2) is 29.2 Å². The summed E-state index contributed by atoms with van der Waals surface area (Å²) in [7, 11) is 0. The Kier molecular flexibility index (Phi) is 3.56. The minimum absolute atomic E-state index is 0.183. The van der Waals surface area contributed by atoms with Crippen LogP contribution in [0.3, 0.4) is 0 Å². The van der Waals surface area contributed by atoms with Crippen molar-refractivity contribution in [1.29, 1.82) is 0 Å². The molecule has 0 radical (unpaired) electrons. The minimum atomic E-state index is -0.198. The van der Waals surface area contributed by atoms with E-state index < -0.39 is 0 Å². The van der Waals surface area contributed by atoms with Gasteiger partial charge in [-0.15, -0.1) is 0 Å². The Bertz CT molecular complexity index is 334. The second kappa shape index (κ2) is 4.93. The maximum absolute atomic E-state index is 12.8. The molecule has 0 aromatic heterocycles. The van der Waals surface area contributed by atoms with Crippen LogP contribution in [0.5, 0.6) is 0 Å². The second-order valence-corrected chi connectivity index (χ2v) is 4.42. The Balaban J connectivity index is 2.08. The van der Waals surface area contributed by atoms with Crippen LogP contribution in [0.15, 0.2) is 24.3 Å². The van der Waals surface area contributed by atoms with Crippen molar-refractivity contribution in [2.75, 3.05) is 13.2 Å². The maximum atomic E-state index is 12.8. The van der Waals surface area contributed by atoms with Crippen molar-refractivity contribution < 1.29 is 9.50 Å². The van der Waals surface area contributed by atoms with Crippen LogP contribution in [0.4, 0.5) is 4.39 Å². The lowest BCUT2D eigenvalue weighted by Crippen LogP contribution is -2.31. The van der Waals surface area contributed by atoms with Crippen LogP contribution >= 0.6 is 0 Å². The summed E-state index contributed by atoms with van der Waals surface area (Å²) in [6.07, 6.45) is 2.43. The van der Waals surface area contributed by atoms with Gasteiger partial charge in [0.25, 0.3) is 0 Å². The molecule has 2 rings (SSSR count). The van der Waals surface area contributed by atoms with Crippen molar-refractivity contribution in [2.24, 2.45) is 0 Å². The average Bonchev–Trinajstić information content (AvgIpc) is 3.10. The normalized spacial score (nSPS) is 17.8.